The molecule has 3 aromatic rings. The Labute approximate surface area is 220 Å². The minimum Gasteiger partial charge on any atom is -0.496 e. The van der Waals surface area contributed by atoms with Gasteiger partial charge < -0.3 is 18.9 Å². The van der Waals surface area contributed by atoms with Crippen LogP contribution in [-0.2, 0) is 14.3 Å². The van der Waals surface area contributed by atoms with Gasteiger partial charge in [0, 0.05) is 0 Å². The second-order valence-electron chi connectivity index (χ2n) is 8.05. The molecule has 0 aliphatic heterocycles. The molecule has 0 aliphatic carbocycles. The SMILES string of the molecule is CCOC(=O)CC(C)OC(=O)c1nn(-c2cc(C)c(Oc3ccc(OC)c(Br)c3)c(C)c2)c(=O)[nH]c1=O. The number of H-pyrrole nitrogens is 1. The molecule has 0 saturated carbocycles. The molecule has 1 aromatic heterocycles. The van der Waals surface area contributed by atoms with Crippen molar-refractivity contribution in [3.05, 3.63) is 72.5 Å². The third kappa shape index (κ3) is 6.64. The smallest absolute Gasteiger partial charge is 0.364 e. The van der Waals surface area contributed by atoms with Crippen LogP contribution in [0.4, 0.5) is 0 Å². The van der Waals surface area contributed by atoms with Crippen molar-refractivity contribution in [3.63, 3.8) is 0 Å². The monoisotopic (exact) mass is 575 g/mol. The number of aryl methyl sites for hydroxylation is 2. The molecule has 196 valence electrons. The first-order valence-corrected chi connectivity index (χ1v) is 12.1. The predicted octanol–water partition coefficient (Wildman–Crippen LogP) is 3.60. The summed E-state index contributed by atoms with van der Waals surface area (Å²) < 4.78 is 22.9. The van der Waals surface area contributed by atoms with E-state index in [9.17, 15) is 19.2 Å². The maximum absolute atomic E-state index is 12.6. The quantitative estimate of drug-likeness (QED) is 0.379. The second kappa shape index (κ2) is 11.9. The molecule has 0 aliphatic rings. The van der Waals surface area contributed by atoms with Gasteiger partial charge in [-0.15, -0.1) is 0 Å². The largest absolute Gasteiger partial charge is 0.496 e. The number of methoxy groups -OCH3 is 1. The third-order valence-electron chi connectivity index (χ3n) is 5.12. The van der Waals surface area contributed by atoms with Crippen molar-refractivity contribution in [2.75, 3.05) is 13.7 Å². The van der Waals surface area contributed by atoms with E-state index in [4.69, 9.17) is 18.9 Å². The van der Waals surface area contributed by atoms with Gasteiger partial charge in [0.05, 0.1) is 30.3 Å². The van der Waals surface area contributed by atoms with E-state index in [1.54, 1.807) is 58.2 Å². The Bertz CT molecular complexity index is 1420. The van der Waals surface area contributed by atoms with Crippen LogP contribution in [0.5, 0.6) is 17.2 Å². The van der Waals surface area contributed by atoms with Gasteiger partial charge in [0.1, 0.15) is 23.4 Å². The van der Waals surface area contributed by atoms with E-state index in [0.29, 0.717) is 34.1 Å². The van der Waals surface area contributed by atoms with Crippen LogP contribution in [-0.4, -0.2) is 46.5 Å². The zero-order valence-corrected chi connectivity index (χ0v) is 22.5. The number of carbonyl (C=O) groups excluding carboxylic acids is 2. The number of hydrogen-bond donors (Lipinski definition) is 1. The Balaban J connectivity index is 1.90. The number of aromatic nitrogens is 3. The van der Waals surface area contributed by atoms with Crippen LogP contribution in [0, 0.1) is 13.8 Å². The van der Waals surface area contributed by atoms with E-state index >= 15 is 0 Å². The highest BCUT2D eigenvalue weighted by Crippen LogP contribution is 2.34. The summed E-state index contributed by atoms with van der Waals surface area (Å²) in [5.74, 6) is 0.151. The first-order valence-electron chi connectivity index (χ1n) is 11.3. The Morgan fingerprint density at radius 1 is 1.14 bits per heavy atom. The summed E-state index contributed by atoms with van der Waals surface area (Å²) in [5, 5.41) is 3.95. The van der Waals surface area contributed by atoms with Crippen molar-refractivity contribution < 1.29 is 28.5 Å². The molecule has 12 heteroatoms. The number of carbonyl (C=O) groups is 2. The van der Waals surface area contributed by atoms with Crippen LogP contribution in [0.15, 0.2) is 44.4 Å². The molecule has 37 heavy (non-hydrogen) atoms. The molecule has 1 unspecified atom stereocenters. The second-order valence-corrected chi connectivity index (χ2v) is 8.91. The first-order chi connectivity index (χ1) is 17.5. The van der Waals surface area contributed by atoms with Gasteiger partial charge in [0.2, 0.25) is 5.69 Å². The highest BCUT2D eigenvalue weighted by atomic mass is 79.9. The summed E-state index contributed by atoms with van der Waals surface area (Å²) in [7, 11) is 1.57. The maximum Gasteiger partial charge on any atom is 0.364 e. The van der Waals surface area contributed by atoms with Gasteiger partial charge in [0.25, 0.3) is 5.56 Å². The molecule has 1 atom stereocenters. The number of aromatic amines is 1. The highest BCUT2D eigenvalue weighted by molar-refractivity contribution is 9.10. The average molecular weight is 576 g/mol. The topological polar surface area (TPSA) is 139 Å². The summed E-state index contributed by atoms with van der Waals surface area (Å²) in [4.78, 5) is 51.1. The van der Waals surface area contributed by atoms with Crippen molar-refractivity contribution in [2.45, 2.75) is 40.2 Å². The molecule has 0 saturated heterocycles. The van der Waals surface area contributed by atoms with Crippen molar-refractivity contribution in [2.24, 2.45) is 0 Å². The average Bonchev–Trinajstić information content (AvgIpc) is 2.81. The van der Waals surface area contributed by atoms with Gasteiger partial charge in [-0.25, -0.2) is 9.59 Å². The van der Waals surface area contributed by atoms with Crippen LogP contribution in [0.1, 0.15) is 41.9 Å². The van der Waals surface area contributed by atoms with Gasteiger partial charge in [0.15, 0.2) is 0 Å². The molecule has 0 radical (unpaired) electrons. The fraction of sp³-hybridized carbons (Fsp3) is 0.320. The fourth-order valence-electron chi connectivity index (χ4n) is 3.48. The number of halogens is 1. The lowest BCUT2D eigenvalue weighted by Gasteiger charge is -2.15. The van der Waals surface area contributed by atoms with E-state index < -0.39 is 35.0 Å². The zero-order chi connectivity index (χ0) is 27.3. The molecule has 2 aromatic carbocycles. The Kier molecular flexibility index (Phi) is 8.87. The summed E-state index contributed by atoms with van der Waals surface area (Å²) in [5.41, 5.74) is -0.828. The molecule has 11 nitrogen and oxygen atoms in total. The van der Waals surface area contributed by atoms with Crippen LogP contribution in [0.25, 0.3) is 5.69 Å². The number of ether oxygens (including phenoxy) is 4. The standard InChI is InChI=1S/C25H26BrN3O8/c1-6-35-20(30)11-15(4)36-24(32)21-23(31)27-25(33)29(28-21)16-9-13(2)22(14(3)10-16)37-17-7-8-19(34-5)18(26)12-17/h7-10,12,15H,6,11H2,1-5H3,(H,27,31,33). The van der Waals surface area contributed by atoms with Crippen molar-refractivity contribution in [1.82, 2.24) is 14.8 Å². The molecule has 0 bridgehead atoms. The van der Waals surface area contributed by atoms with Gasteiger partial charge >= 0.3 is 17.6 Å². The summed E-state index contributed by atoms with van der Waals surface area (Å²) in [6, 6.07) is 8.54. The molecule has 3 rings (SSSR count). The lowest BCUT2D eigenvalue weighted by molar-refractivity contribution is -0.145. The minimum atomic E-state index is -1.08. The van der Waals surface area contributed by atoms with E-state index in [-0.39, 0.29) is 13.0 Å². The van der Waals surface area contributed by atoms with Gasteiger partial charge in [-0.2, -0.15) is 9.78 Å². The lowest BCUT2D eigenvalue weighted by Crippen LogP contribution is -2.37. The number of esters is 2. The molecule has 1 N–H and O–H groups in total. The van der Waals surface area contributed by atoms with Crippen molar-refractivity contribution in [3.8, 4) is 22.9 Å². The Morgan fingerprint density at radius 2 is 1.81 bits per heavy atom. The highest BCUT2D eigenvalue weighted by Gasteiger charge is 2.22. The molecule has 0 fully saturated rings. The van der Waals surface area contributed by atoms with Crippen LogP contribution in [0.2, 0.25) is 0 Å². The van der Waals surface area contributed by atoms with Crippen LogP contribution < -0.4 is 20.7 Å². The Morgan fingerprint density at radius 3 is 2.41 bits per heavy atom. The minimum absolute atomic E-state index is 0.187. The molecule has 0 amide bonds. The molecular weight excluding hydrogens is 550 g/mol. The number of nitrogens with one attached hydrogen (secondary N) is 1. The normalized spacial score (nSPS) is 11.5. The fourth-order valence-corrected chi connectivity index (χ4v) is 4.00. The number of nitrogens with zero attached hydrogens (tertiary/aromatic N) is 2. The van der Waals surface area contributed by atoms with Crippen LogP contribution >= 0.6 is 15.9 Å². The van der Waals surface area contributed by atoms with E-state index in [1.165, 1.54) is 6.92 Å². The first kappa shape index (κ1) is 27.7. The number of rotatable bonds is 9. The molecular formula is C25H26BrN3O8. The van der Waals surface area contributed by atoms with Gasteiger partial charge in [-0.05, 0) is 85.1 Å². The summed E-state index contributed by atoms with van der Waals surface area (Å²) in [6.07, 6.45) is -1.06. The maximum atomic E-state index is 12.6. The third-order valence-corrected chi connectivity index (χ3v) is 5.74. The lowest BCUT2D eigenvalue weighted by atomic mass is 10.1. The van der Waals surface area contributed by atoms with E-state index in [2.05, 4.69) is 26.0 Å². The van der Waals surface area contributed by atoms with Crippen LogP contribution in [0.3, 0.4) is 0 Å². The molecule has 0 spiro atoms. The van der Waals surface area contributed by atoms with Crippen molar-refractivity contribution in [1.29, 1.82) is 0 Å². The zero-order valence-electron chi connectivity index (χ0n) is 20.9. The van der Waals surface area contributed by atoms with Gasteiger partial charge in [-0.3, -0.25) is 14.6 Å². The number of hydrogen-bond acceptors (Lipinski definition) is 9. The van der Waals surface area contributed by atoms with E-state index in [0.717, 1.165) is 9.15 Å². The number of benzene rings is 2. The predicted molar refractivity (Wildman–Crippen MR) is 137 cm³/mol. The van der Waals surface area contributed by atoms with E-state index in [1.807, 2.05) is 0 Å². The van der Waals surface area contributed by atoms with Crippen molar-refractivity contribution >= 4 is 27.9 Å². The Hall–Kier alpha value is -3.93. The van der Waals surface area contributed by atoms with Gasteiger partial charge in [-0.1, -0.05) is 0 Å². The summed E-state index contributed by atoms with van der Waals surface area (Å²) in [6.45, 7) is 6.89. The molecule has 1 heterocycles. The summed E-state index contributed by atoms with van der Waals surface area (Å²) >= 11 is 3.42.